The highest BCUT2D eigenvalue weighted by Crippen LogP contribution is 2.20. The molecule has 1 aromatic carbocycles. The van der Waals surface area contributed by atoms with E-state index in [2.05, 4.69) is 5.10 Å². The number of fused-ring (bicyclic) bond motifs is 1. The zero-order chi connectivity index (χ0) is 20.5. The minimum Gasteiger partial charge on any atom is -0.335 e. The van der Waals surface area contributed by atoms with Crippen LogP contribution in [-0.4, -0.2) is 62.1 Å². The highest BCUT2D eigenvalue weighted by Gasteiger charge is 2.28. The summed E-state index contributed by atoms with van der Waals surface area (Å²) < 4.78 is 3.97. The molecule has 0 aliphatic carbocycles. The van der Waals surface area contributed by atoms with Gasteiger partial charge in [0.05, 0.1) is 17.5 Å². The molecule has 3 aromatic rings. The van der Waals surface area contributed by atoms with Gasteiger partial charge in [-0.25, -0.2) is 0 Å². The first kappa shape index (κ1) is 18.7. The Morgan fingerprint density at radius 2 is 1.47 bits per heavy atom. The first-order valence-electron chi connectivity index (χ1n) is 10.6. The van der Waals surface area contributed by atoms with E-state index < -0.39 is 0 Å². The SMILES string of the molecule is O=C(c1ccc(-n2cccc2)cc1)N1CCN(C(=O)c2cnn3c2CCCC3)CC1. The molecule has 2 amide bonds. The van der Waals surface area contributed by atoms with Crippen LogP contribution in [-0.2, 0) is 13.0 Å². The van der Waals surface area contributed by atoms with E-state index in [1.165, 1.54) is 0 Å². The van der Waals surface area contributed by atoms with Crippen LogP contribution in [0.2, 0.25) is 0 Å². The number of aromatic nitrogens is 3. The van der Waals surface area contributed by atoms with Crippen molar-refractivity contribution in [1.82, 2.24) is 24.1 Å². The molecule has 7 heteroatoms. The normalized spacial score (nSPS) is 16.4. The number of rotatable bonds is 3. The van der Waals surface area contributed by atoms with Gasteiger partial charge < -0.3 is 14.4 Å². The maximum absolute atomic E-state index is 13.0. The number of hydrogen-bond acceptors (Lipinski definition) is 3. The fourth-order valence-electron chi connectivity index (χ4n) is 4.35. The summed E-state index contributed by atoms with van der Waals surface area (Å²) in [6.45, 7) is 3.10. The van der Waals surface area contributed by atoms with Crippen molar-refractivity contribution >= 4 is 11.8 Å². The van der Waals surface area contributed by atoms with Gasteiger partial charge in [-0.15, -0.1) is 0 Å². The Labute approximate surface area is 175 Å². The van der Waals surface area contributed by atoms with Gasteiger partial charge >= 0.3 is 0 Å². The predicted octanol–water partition coefficient (Wildman–Crippen LogP) is 2.61. The van der Waals surface area contributed by atoms with E-state index in [1.807, 2.05) is 67.8 Å². The summed E-state index contributed by atoms with van der Waals surface area (Å²) in [5.74, 6) is 0.0605. The van der Waals surface area contributed by atoms with Crippen LogP contribution >= 0.6 is 0 Å². The maximum Gasteiger partial charge on any atom is 0.257 e. The van der Waals surface area contributed by atoms with Crippen LogP contribution in [0.3, 0.4) is 0 Å². The van der Waals surface area contributed by atoms with Crippen molar-refractivity contribution in [3.63, 3.8) is 0 Å². The number of amides is 2. The van der Waals surface area contributed by atoms with Crippen LogP contribution in [0.5, 0.6) is 0 Å². The second-order valence-electron chi connectivity index (χ2n) is 7.91. The largest absolute Gasteiger partial charge is 0.335 e. The van der Waals surface area contributed by atoms with Gasteiger partial charge in [-0.1, -0.05) is 0 Å². The van der Waals surface area contributed by atoms with Crippen molar-refractivity contribution in [3.05, 3.63) is 71.8 Å². The van der Waals surface area contributed by atoms with Crippen LogP contribution in [0.4, 0.5) is 0 Å². The van der Waals surface area contributed by atoms with E-state index in [1.54, 1.807) is 6.20 Å². The van der Waals surface area contributed by atoms with E-state index >= 15 is 0 Å². The second kappa shape index (κ2) is 7.82. The minimum absolute atomic E-state index is 0.0177. The summed E-state index contributed by atoms with van der Waals surface area (Å²) >= 11 is 0. The molecule has 0 saturated carbocycles. The number of hydrogen-bond donors (Lipinski definition) is 0. The zero-order valence-corrected chi connectivity index (χ0v) is 16.9. The third kappa shape index (κ3) is 3.40. The predicted molar refractivity (Wildman–Crippen MR) is 113 cm³/mol. The fourth-order valence-corrected chi connectivity index (χ4v) is 4.35. The lowest BCUT2D eigenvalue weighted by Gasteiger charge is -2.35. The molecule has 5 rings (SSSR count). The molecule has 1 saturated heterocycles. The minimum atomic E-state index is 0.0177. The molecule has 0 radical (unpaired) electrons. The van der Waals surface area contributed by atoms with Crippen LogP contribution in [0.1, 0.15) is 39.3 Å². The molecular formula is C23H25N5O2. The third-order valence-electron chi connectivity index (χ3n) is 6.08. The van der Waals surface area contributed by atoms with Gasteiger partial charge in [-0.2, -0.15) is 5.10 Å². The Kier molecular flexibility index (Phi) is 4.86. The maximum atomic E-state index is 13.0. The highest BCUT2D eigenvalue weighted by atomic mass is 16.2. The van der Waals surface area contributed by atoms with E-state index in [-0.39, 0.29) is 11.8 Å². The number of aryl methyl sites for hydroxylation is 1. The second-order valence-corrected chi connectivity index (χ2v) is 7.91. The summed E-state index contributed by atoms with van der Waals surface area (Å²) in [4.78, 5) is 29.6. The lowest BCUT2D eigenvalue weighted by Crippen LogP contribution is -2.50. The van der Waals surface area contributed by atoms with Crippen molar-refractivity contribution < 1.29 is 9.59 Å². The van der Waals surface area contributed by atoms with E-state index in [0.29, 0.717) is 31.7 Å². The third-order valence-corrected chi connectivity index (χ3v) is 6.08. The lowest BCUT2D eigenvalue weighted by atomic mass is 10.1. The molecule has 4 heterocycles. The van der Waals surface area contributed by atoms with Crippen LogP contribution in [0.15, 0.2) is 55.0 Å². The molecular weight excluding hydrogens is 378 g/mol. The highest BCUT2D eigenvalue weighted by molar-refractivity contribution is 5.96. The fraction of sp³-hybridized carbons (Fsp3) is 0.348. The van der Waals surface area contributed by atoms with Crippen molar-refractivity contribution in [3.8, 4) is 5.69 Å². The Hall–Kier alpha value is -3.35. The van der Waals surface area contributed by atoms with Crippen LogP contribution in [0, 0.1) is 0 Å². The monoisotopic (exact) mass is 403 g/mol. The lowest BCUT2D eigenvalue weighted by molar-refractivity contribution is 0.0534. The number of carbonyl (C=O) groups is 2. The number of benzene rings is 1. The van der Waals surface area contributed by atoms with Gasteiger partial charge in [0.25, 0.3) is 11.8 Å². The summed E-state index contributed by atoms with van der Waals surface area (Å²) in [5, 5.41) is 4.38. The topological polar surface area (TPSA) is 63.4 Å². The summed E-state index contributed by atoms with van der Waals surface area (Å²) in [7, 11) is 0. The Morgan fingerprint density at radius 1 is 0.800 bits per heavy atom. The number of carbonyl (C=O) groups excluding carboxylic acids is 2. The van der Waals surface area contributed by atoms with Crippen molar-refractivity contribution in [1.29, 1.82) is 0 Å². The molecule has 0 atom stereocenters. The van der Waals surface area contributed by atoms with Crippen molar-refractivity contribution in [2.75, 3.05) is 26.2 Å². The molecule has 30 heavy (non-hydrogen) atoms. The van der Waals surface area contributed by atoms with Crippen LogP contribution < -0.4 is 0 Å². The van der Waals surface area contributed by atoms with Gasteiger partial charge in [-0.05, 0) is 55.7 Å². The van der Waals surface area contributed by atoms with Gasteiger partial charge in [0, 0.05) is 56.4 Å². The van der Waals surface area contributed by atoms with Gasteiger partial charge in [0.1, 0.15) is 0 Å². The van der Waals surface area contributed by atoms with Gasteiger partial charge in [-0.3, -0.25) is 14.3 Å². The molecule has 2 aliphatic rings. The average molecular weight is 403 g/mol. The Bertz CT molecular complexity index is 1040. The molecule has 0 spiro atoms. The zero-order valence-electron chi connectivity index (χ0n) is 16.9. The molecule has 7 nitrogen and oxygen atoms in total. The average Bonchev–Trinajstić information content (AvgIpc) is 3.49. The molecule has 154 valence electrons. The number of piperazine rings is 1. The van der Waals surface area contributed by atoms with E-state index in [4.69, 9.17) is 0 Å². The van der Waals surface area contributed by atoms with Crippen molar-refractivity contribution in [2.24, 2.45) is 0 Å². The van der Waals surface area contributed by atoms with Gasteiger partial charge in [0.2, 0.25) is 0 Å². The first-order valence-corrected chi connectivity index (χ1v) is 10.6. The van der Waals surface area contributed by atoms with Crippen LogP contribution in [0.25, 0.3) is 5.69 Å². The number of nitrogens with zero attached hydrogens (tertiary/aromatic N) is 5. The molecule has 2 aromatic heterocycles. The molecule has 1 fully saturated rings. The quantitative estimate of drug-likeness (QED) is 0.675. The van der Waals surface area contributed by atoms with Crippen molar-refractivity contribution in [2.45, 2.75) is 25.8 Å². The molecule has 0 bridgehead atoms. The summed E-state index contributed by atoms with van der Waals surface area (Å²) in [6, 6.07) is 11.6. The Morgan fingerprint density at radius 3 is 2.17 bits per heavy atom. The summed E-state index contributed by atoms with van der Waals surface area (Å²) in [6.07, 6.45) is 8.81. The molecule has 0 N–H and O–H groups in total. The molecule has 2 aliphatic heterocycles. The Balaban J connectivity index is 1.22. The standard InChI is InChI=1S/C23H25N5O2/c29-22(18-6-8-19(9-7-18)25-10-3-4-11-25)26-13-15-27(16-14-26)23(30)20-17-24-28-12-2-1-5-21(20)28/h3-4,6-11,17H,1-2,5,12-16H2. The first-order chi connectivity index (χ1) is 14.7. The van der Waals surface area contributed by atoms with Gasteiger partial charge in [0.15, 0.2) is 0 Å². The molecule has 0 unspecified atom stereocenters. The smallest absolute Gasteiger partial charge is 0.257 e. The summed E-state index contributed by atoms with van der Waals surface area (Å²) in [5.41, 5.74) is 3.50. The van der Waals surface area contributed by atoms with E-state index in [0.717, 1.165) is 42.8 Å². The van der Waals surface area contributed by atoms with E-state index in [9.17, 15) is 9.59 Å².